The van der Waals surface area contributed by atoms with Gasteiger partial charge < -0.3 is 9.74 Å². The number of aromatic nitrogens is 1. The average Bonchev–Trinajstić information content (AvgIpc) is 2.97. The molecule has 2 aliphatic rings. The molecule has 0 spiro atoms. The molecule has 10 heteroatoms. The second-order valence-corrected chi connectivity index (χ2v) is 12.0. The molecule has 0 N–H and O–H groups in total. The third kappa shape index (κ3) is 6.43. The SMILES string of the molecule is CCO/N=C(\c1ccc(Br)cc1)C1CCN(C2(C)CCN(C(=O)c3ccnc4cc(C(F)(F)F)ccc34)CC2)CC1. The molecule has 3 aromatic rings. The Labute approximate surface area is 246 Å². The molecule has 0 saturated carbocycles. The van der Waals surface area contributed by atoms with E-state index in [1.165, 1.54) is 12.3 Å². The Bertz CT molecular complexity index is 1410. The summed E-state index contributed by atoms with van der Waals surface area (Å²) < 4.78 is 40.5. The molecule has 2 fully saturated rings. The number of carbonyl (C=O) groups excluding carboxylic acids is 1. The molecule has 1 amide bonds. The third-order valence-electron chi connectivity index (χ3n) is 8.51. The van der Waals surface area contributed by atoms with Crippen molar-refractivity contribution < 1.29 is 22.8 Å². The lowest BCUT2D eigenvalue weighted by molar-refractivity contribution is -0.137. The number of benzene rings is 2. The lowest BCUT2D eigenvalue weighted by atomic mass is 9.82. The van der Waals surface area contributed by atoms with E-state index in [1.54, 1.807) is 6.07 Å². The number of oxime groups is 1. The third-order valence-corrected chi connectivity index (χ3v) is 9.03. The molecule has 41 heavy (non-hydrogen) atoms. The first kappa shape index (κ1) is 29.5. The second kappa shape index (κ2) is 12.1. The van der Waals surface area contributed by atoms with E-state index in [2.05, 4.69) is 50.0 Å². The number of hydrogen-bond acceptors (Lipinski definition) is 5. The van der Waals surface area contributed by atoms with Gasteiger partial charge in [-0.25, -0.2) is 0 Å². The summed E-state index contributed by atoms with van der Waals surface area (Å²) in [5, 5.41) is 4.94. The monoisotopic (exact) mass is 630 g/mol. The number of amides is 1. The molecule has 2 aliphatic heterocycles. The van der Waals surface area contributed by atoms with Gasteiger partial charge in [0.05, 0.1) is 22.4 Å². The maximum Gasteiger partial charge on any atom is 0.416 e. The number of pyridine rings is 1. The summed E-state index contributed by atoms with van der Waals surface area (Å²) >= 11 is 3.50. The van der Waals surface area contributed by atoms with Gasteiger partial charge in [0.1, 0.15) is 6.61 Å². The highest BCUT2D eigenvalue weighted by Gasteiger charge is 2.39. The number of fused-ring (bicyclic) bond motifs is 1. The van der Waals surface area contributed by atoms with E-state index in [1.807, 2.05) is 24.0 Å². The van der Waals surface area contributed by atoms with E-state index in [0.717, 1.165) is 66.7 Å². The fourth-order valence-corrected chi connectivity index (χ4v) is 6.26. The van der Waals surface area contributed by atoms with E-state index in [-0.39, 0.29) is 17.0 Å². The molecular formula is C31H34BrF3N4O2. The van der Waals surface area contributed by atoms with Crippen LogP contribution in [-0.4, -0.2) is 64.7 Å². The highest BCUT2D eigenvalue weighted by Crippen LogP contribution is 2.35. The summed E-state index contributed by atoms with van der Waals surface area (Å²) in [5.74, 6) is 0.145. The van der Waals surface area contributed by atoms with Gasteiger partial charge in [0.15, 0.2) is 0 Å². The molecule has 1 aromatic heterocycles. The molecule has 0 atom stereocenters. The van der Waals surface area contributed by atoms with Gasteiger partial charge in [0.25, 0.3) is 5.91 Å². The Balaban J connectivity index is 1.23. The van der Waals surface area contributed by atoms with Gasteiger partial charge in [-0.05, 0) is 88.5 Å². The Morgan fingerprint density at radius 3 is 2.39 bits per heavy atom. The average molecular weight is 632 g/mol. The number of alkyl halides is 3. The molecule has 218 valence electrons. The molecule has 0 unspecified atom stereocenters. The number of halogens is 4. The Hall–Kier alpha value is -2.98. The van der Waals surface area contributed by atoms with Gasteiger partial charge in [-0.2, -0.15) is 13.2 Å². The van der Waals surface area contributed by atoms with Crippen LogP contribution in [0.15, 0.2) is 64.4 Å². The second-order valence-electron chi connectivity index (χ2n) is 11.0. The predicted molar refractivity (Wildman–Crippen MR) is 157 cm³/mol. The van der Waals surface area contributed by atoms with Gasteiger partial charge >= 0.3 is 6.18 Å². The van der Waals surface area contributed by atoms with Crippen molar-refractivity contribution in [1.82, 2.24) is 14.8 Å². The van der Waals surface area contributed by atoms with E-state index in [0.29, 0.717) is 36.6 Å². The van der Waals surface area contributed by atoms with Crippen molar-refractivity contribution >= 4 is 38.5 Å². The molecule has 0 aliphatic carbocycles. The van der Waals surface area contributed by atoms with Crippen LogP contribution in [-0.2, 0) is 11.0 Å². The van der Waals surface area contributed by atoms with Crippen LogP contribution in [0.1, 0.15) is 61.0 Å². The summed E-state index contributed by atoms with van der Waals surface area (Å²) in [4.78, 5) is 27.4. The van der Waals surface area contributed by atoms with Crippen LogP contribution in [0.4, 0.5) is 13.2 Å². The normalized spacial score (nSPS) is 19.0. The standard InChI is InChI=1S/C31H34BrF3N4O2/c1-3-41-37-28(21-4-7-24(32)8-5-21)22-11-16-39(17-12-22)30(2)13-18-38(19-14-30)29(40)26-10-15-36-27-20-23(31(33,34)35)6-9-25(26)27/h4-10,15,20,22H,3,11-14,16-19H2,1-2H3/b37-28+. The van der Waals surface area contributed by atoms with Gasteiger partial charge in [-0.1, -0.05) is 39.3 Å². The van der Waals surface area contributed by atoms with Crippen LogP contribution in [0.3, 0.4) is 0 Å². The summed E-state index contributed by atoms with van der Waals surface area (Å²) in [6.45, 7) is 7.80. The molecule has 0 radical (unpaired) electrons. The van der Waals surface area contributed by atoms with E-state index >= 15 is 0 Å². The zero-order valence-electron chi connectivity index (χ0n) is 23.3. The van der Waals surface area contributed by atoms with Gasteiger partial charge in [-0.15, -0.1) is 0 Å². The molecule has 3 heterocycles. The molecule has 2 saturated heterocycles. The lowest BCUT2D eigenvalue weighted by Crippen LogP contribution is -2.56. The van der Waals surface area contributed by atoms with Crippen LogP contribution in [0, 0.1) is 5.92 Å². The van der Waals surface area contributed by atoms with E-state index in [9.17, 15) is 18.0 Å². The first-order valence-corrected chi connectivity index (χ1v) is 14.8. The first-order valence-electron chi connectivity index (χ1n) is 14.0. The molecular weight excluding hydrogens is 597 g/mol. The van der Waals surface area contributed by atoms with Crippen LogP contribution in [0.2, 0.25) is 0 Å². The van der Waals surface area contributed by atoms with Crippen molar-refractivity contribution in [2.75, 3.05) is 32.8 Å². The van der Waals surface area contributed by atoms with Crippen LogP contribution >= 0.6 is 15.9 Å². The molecule has 5 rings (SSSR count). The van der Waals surface area contributed by atoms with Crippen molar-refractivity contribution in [2.45, 2.75) is 51.2 Å². The van der Waals surface area contributed by atoms with Crippen LogP contribution in [0.25, 0.3) is 10.9 Å². The zero-order chi connectivity index (χ0) is 29.2. The number of carbonyl (C=O) groups is 1. The topological polar surface area (TPSA) is 58.0 Å². The van der Waals surface area contributed by atoms with E-state index < -0.39 is 11.7 Å². The number of likely N-dealkylation sites (tertiary alicyclic amines) is 2. The van der Waals surface area contributed by atoms with Crippen LogP contribution in [0.5, 0.6) is 0 Å². The summed E-state index contributed by atoms with van der Waals surface area (Å²) in [5.41, 5.74) is 1.84. The van der Waals surface area contributed by atoms with Crippen molar-refractivity contribution in [1.29, 1.82) is 0 Å². The minimum Gasteiger partial charge on any atom is -0.396 e. The summed E-state index contributed by atoms with van der Waals surface area (Å²) in [6, 6.07) is 13.2. The number of hydrogen-bond donors (Lipinski definition) is 0. The first-order chi connectivity index (χ1) is 19.6. The Kier molecular flexibility index (Phi) is 8.70. The van der Waals surface area contributed by atoms with Gasteiger partial charge in [-0.3, -0.25) is 14.7 Å². The predicted octanol–water partition coefficient (Wildman–Crippen LogP) is 7.16. The Morgan fingerprint density at radius 2 is 1.76 bits per heavy atom. The van der Waals surface area contributed by atoms with Gasteiger partial charge in [0, 0.05) is 40.6 Å². The van der Waals surface area contributed by atoms with E-state index in [4.69, 9.17) is 4.84 Å². The molecule has 2 aromatic carbocycles. The fraction of sp³-hybridized carbons (Fsp3) is 0.452. The maximum atomic E-state index is 13.5. The smallest absolute Gasteiger partial charge is 0.396 e. The fourth-order valence-electron chi connectivity index (χ4n) is 6.00. The number of piperidine rings is 2. The number of nitrogens with zero attached hydrogens (tertiary/aromatic N) is 4. The molecule has 0 bridgehead atoms. The Morgan fingerprint density at radius 1 is 1.07 bits per heavy atom. The minimum absolute atomic E-state index is 0.0293. The van der Waals surface area contributed by atoms with Crippen molar-refractivity contribution in [3.05, 3.63) is 75.9 Å². The zero-order valence-corrected chi connectivity index (χ0v) is 24.8. The highest BCUT2D eigenvalue weighted by molar-refractivity contribution is 9.10. The summed E-state index contributed by atoms with van der Waals surface area (Å²) in [7, 11) is 0. The largest absolute Gasteiger partial charge is 0.416 e. The minimum atomic E-state index is -4.46. The number of rotatable bonds is 6. The van der Waals surface area contributed by atoms with Gasteiger partial charge in [0.2, 0.25) is 0 Å². The molecule has 6 nitrogen and oxygen atoms in total. The van der Waals surface area contributed by atoms with Crippen molar-refractivity contribution in [3.8, 4) is 0 Å². The lowest BCUT2D eigenvalue weighted by Gasteiger charge is -2.49. The van der Waals surface area contributed by atoms with Crippen molar-refractivity contribution in [3.63, 3.8) is 0 Å². The summed E-state index contributed by atoms with van der Waals surface area (Å²) in [6.07, 6.45) is 0.560. The highest BCUT2D eigenvalue weighted by atomic mass is 79.9. The quantitative estimate of drug-likeness (QED) is 0.214. The van der Waals surface area contributed by atoms with Crippen molar-refractivity contribution in [2.24, 2.45) is 11.1 Å². The van der Waals surface area contributed by atoms with Crippen LogP contribution < -0.4 is 0 Å². The maximum absolute atomic E-state index is 13.5.